The zero-order valence-corrected chi connectivity index (χ0v) is 11.1. The first-order valence-electron chi connectivity index (χ1n) is 5.50. The predicted octanol–water partition coefficient (Wildman–Crippen LogP) is 3.83. The Hall–Kier alpha value is -0.380. The van der Waals surface area contributed by atoms with Gasteiger partial charge in [0.2, 0.25) is 0 Å². The highest BCUT2D eigenvalue weighted by molar-refractivity contribution is 7.99. The number of thioether (sulfide) groups is 1. The Morgan fingerprint density at radius 3 is 2.88 bits per heavy atom. The van der Waals surface area contributed by atoms with Gasteiger partial charge in [0, 0.05) is 22.9 Å². The van der Waals surface area contributed by atoms with E-state index >= 15 is 0 Å². The van der Waals surface area contributed by atoms with Gasteiger partial charge in [0.25, 0.3) is 0 Å². The van der Waals surface area contributed by atoms with E-state index in [0.29, 0.717) is 0 Å². The van der Waals surface area contributed by atoms with Crippen LogP contribution in [0.5, 0.6) is 0 Å². The Labute approximate surface area is 107 Å². The Kier molecular flexibility index (Phi) is 6.69. The summed E-state index contributed by atoms with van der Waals surface area (Å²) in [4.78, 5) is 0.961. The highest BCUT2D eigenvalue weighted by Crippen LogP contribution is 2.32. The van der Waals surface area contributed by atoms with Crippen molar-refractivity contribution in [2.24, 2.45) is 0 Å². The van der Waals surface area contributed by atoms with Gasteiger partial charge in [-0.2, -0.15) is 0 Å². The molecule has 0 saturated heterocycles. The fourth-order valence-corrected chi connectivity index (χ4v) is 2.42. The average molecular weight is 260 g/mol. The first-order valence-corrected chi connectivity index (χ1v) is 6.86. The van der Waals surface area contributed by atoms with E-state index < -0.39 is 0 Å². The van der Waals surface area contributed by atoms with Crippen molar-refractivity contribution >= 4 is 29.1 Å². The average Bonchev–Trinajstić information content (AvgIpc) is 2.26. The summed E-state index contributed by atoms with van der Waals surface area (Å²) < 4.78 is 5.47. The Morgan fingerprint density at radius 2 is 2.19 bits per heavy atom. The zero-order chi connectivity index (χ0) is 11.8. The maximum absolute atomic E-state index is 6.05. The van der Waals surface area contributed by atoms with E-state index in [2.05, 4.69) is 6.92 Å². The second-order valence-corrected chi connectivity index (χ2v) is 4.98. The van der Waals surface area contributed by atoms with Gasteiger partial charge in [0.1, 0.15) is 0 Å². The fourth-order valence-electron chi connectivity index (χ4n) is 1.23. The first kappa shape index (κ1) is 13.7. The van der Waals surface area contributed by atoms with E-state index in [4.69, 9.17) is 22.1 Å². The van der Waals surface area contributed by atoms with Gasteiger partial charge in [-0.15, -0.1) is 11.8 Å². The number of halogens is 1. The third-order valence-electron chi connectivity index (χ3n) is 2.11. The SMILES string of the molecule is CCCCOCCSc1c(N)cccc1Cl. The quantitative estimate of drug-likeness (QED) is 0.459. The number of unbranched alkanes of at least 4 members (excludes halogenated alkanes) is 1. The molecule has 16 heavy (non-hydrogen) atoms. The lowest BCUT2D eigenvalue weighted by Crippen LogP contribution is -1.99. The molecule has 90 valence electrons. The van der Waals surface area contributed by atoms with Crippen molar-refractivity contribution in [3.8, 4) is 0 Å². The Morgan fingerprint density at radius 1 is 1.38 bits per heavy atom. The third-order valence-corrected chi connectivity index (χ3v) is 3.66. The third kappa shape index (κ3) is 4.64. The molecule has 0 aliphatic rings. The largest absolute Gasteiger partial charge is 0.398 e. The van der Waals surface area contributed by atoms with Crippen LogP contribution in [0.25, 0.3) is 0 Å². The van der Waals surface area contributed by atoms with Crippen LogP contribution in [0.3, 0.4) is 0 Å². The number of nitrogens with two attached hydrogens (primary N) is 1. The van der Waals surface area contributed by atoms with Crippen LogP contribution >= 0.6 is 23.4 Å². The maximum atomic E-state index is 6.05. The number of nitrogen functional groups attached to an aromatic ring is 1. The van der Waals surface area contributed by atoms with E-state index in [0.717, 1.165) is 41.0 Å². The molecule has 1 aromatic carbocycles. The van der Waals surface area contributed by atoms with Crippen LogP contribution in [-0.4, -0.2) is 19.0 Å². The topological polar surface area (TPSA) is 35.2 Å². The van der Waals surface area contributed by atoms with Gasteiger partial charge in [0.15, 0.2) is 0 Å². The molecule has 2 N–H and O–H groups in total. The first-order chi connectivity index (χ1) is 7.75. The fraction of sp³-hybridized carbons (Fsp3) is 0.500. The van der Waals surface area contributed by atoms with Gasteiger partial charge in [-0.05, 0) is 18.6 Å². The van der Waals surface area contributed by atoms with Crippen LogP contribution in [-0.2, 0) is 4.74 Å². The molecule has 0 saturated carbocycles. The second-order valence-electron chi connectivity index (χ2n) is 3.47. The number of hydrogen-bond donors (Lipinski definition) is 1. The van der Waals surface area contributed by atoms with Crippen LogP contribution < -0.4 is 5.73 Å². The summed E-state index contributed by atoms with van der Waals surface area (Å²) in [5, 5.41) is 0.721. The lowest BCUT2D eigenvalue weighted by molar-refractivity contribution is 0.147. The molecule has 4 heteroatoms. The van der Waals surface area contributed by atoms with Crippen molar-refractivity contribution in [2.75, 3.05) is 24.7 Å². The number of benzene rings is 1. The van der Waals surface area contributed by atoms with E-state index in [-0.39, 0.29) is 0 Å². The van der Waals surface area contributed by atoms with Crippen molar-refractivity contribution in [1.82, 2.24) is 0 Å². The van der Waals surface area contributed by atoms with Crippen LogP contribution in [0.1, 0.15) is 19.8 Å². The minimum absolute atomic E-state index is 0.721. The Bertz CT molecular complexity index is 300. The number of rotatable bonds is 7. The summed E-state index contributed by atoms with van der Waals surface area (Å²) in [6.45, 7) is 3.74. The molecule has 0 aliphatic heterocycles. The monoisotopic (exact) mass is 259 g/mol. The van der Waals surface area contributed by atoms with Gasteiger partial charge < -0.3 is 10.5 Å². The van der Waals surface area contributed by atoms with Gasteiger partial charge in [0.05, 0.1) is 11.6 Å². The highest BCUT2D eigenvalue weighted by atomic mass is 35.5. The molecule has 2 nitrogen and oxygen atoms in total. The molecular weight excluding hydrogens is 242 g/mol. The maximum Gasteiger partial charge on any atom is 0.0562 e. The highest BCUT2D eigenvalue weighted by Gasteiger charge is 2.04. The molecule has 0 atom stereocenters. The van der Waals surface area contributed by atoms with Gasteiger partial charge >= 0.3 is 0 Å². The van der Waals surface area contributed by atoms with E-state index in [1.165, 1.54) is 6.42 Å². The molecule has 0 aromatic heterocycles. The molecule has 0 aliphatic carbocycles. The van der Waals surface area contributed by atoms with Crippen LogP contribution in [0, 0.1) is 0 Å². The van der Waals surface area contributed by atoms with Crippen LogP contribution in [0.2, 0.25) is 5.02 Å². The van der Waals surface area contributed by atoms with Crippen molar-refractivity contribution in [3.05, 3.63) is 23.2 Å². The second kappa shape index (κ2) is 7.82. The van der Waals surface area contributed by atoms with E-state index in [1.807, 2.05) is 18.2 Å². The molecule has 0 fully saturated rings. The summed E-state index contributed by atoms with van der Waals surface area (Å²) in [6.07, 6.45) is 2.30. The molecule has 0 radical (unpaired) electrons. The molecule has 1 rings (SSSR count). The normalized spacial score (nSPS) is 10.6. The number of ether oxygens (including phenoxy) is 1. The minimum Gasteiger partial charge on any atom is -0.398 e. The van der Waals surface area contributed by atoms with E-state index in [1.54, 1.807) is 11.8 Å². The summed E-state index contributed by atoms with van der Waals surface area (Å²) in [5.41, 5.74) is 6.58. The van der Waals surface area contributed by atoms with Crippen molar-refractivity contribution in [3.63, 3.8) is 0 Å². The van der Waals surface area contributed by atoms with Crippen LogP contribution in [0.4, 0.5) is 5.69 Å². The number of hydrogen-bond acceptors (Lipinski definition) is 3. The zero-order valence-electron chi connectivity index (χ0n) is 9.54. The molecule has 0 bridgehead atoms. The lowest BCUT2D eigenvalue weighted by atomic mass is 10.3. The number of anilines is 1. The molecule has 0 unspecified atom stereocenters. The van der Waals surface area contributed by atoms with Crippen molar-refractivity contribution in [1.29, 1.82) is 0 Å². The molecule has 0 heterocycles. The molecule has 1 aromatic rings. The van der Waals surface area contributed by atoms with Gasteiger partial charge in [-0.25, -0.2) is 0 Å². The van der Waals surface area contributed by atoms with E-state index in [9.17, 15) is 0 Å². The summed E-state index contributed by atoms with van der Waals surface area (Å²) >= 11 is 7.70. The molecule has 0 spiro atoms. The summed E-state index contributed by atoms with van der Waals surface area (Å²) in [6, 6.07) is 5.59. The van der Waals surface area contributed by atoms with Crippen LogP contribution in [0.15, 0.2) is 23.1 Å². The van der Waals surface area contributed by atoms with Crippen molar-refractivity contribution < 1.29 is 4.74 Å². The smallest absolute Gasteiger partial charge is 0.0562 e. The van der Waals surface area contributed by atoms with Gasteiger partial charge in [-0.3, -0.25) is 0 Å². The lowest BCUT2D eigenvalue weighted by Gasteiger charge is -2.07. The van der Waals surface area contributed by atoms with Gasteiger partial charge in [-0.1, -0.05) is 31.0 Å². The summed E-state index contributed by atoms with van der Waals surface area (Å²) in [7, 11) is 0. The Balaban J connectivity index is 2.26. The predicted molar refractivity (Wildman–Crippen MR) is 72.3 cm³/mol. The standard InChI is InChI=1S/C12H18ClNOS/c1-2-3-7-15-8-9-16-12-10(13)5-4-6-11(12)14/h4-6H,2-3,7-9,14H2,1H3. The molecule has 0 amide bonds. The molecular formula is C12H18ClNOS. The minimum atomic E-state index is 0.721. The van der Waals surface area contributed by atoms with Crippen molar-refractivity contribution in [2.45, 2.75) is 24.7 Å². The summed E-state index contributed by atoms with van der Waals surface area (Å²) in [5.74, 6) is 0.887.